The highest BCUT2D eigenvalue weighted by atomic mass is 127. The molecule has 0 atom stereocenters. The Morgan fingerprint density at radius 2 is 2.29 bits per heavy atom. The summed E-state index contributed by atoms with van der Waals surface area (Å²) in [6, 6.07) is 5.54. The van der Waals surface area contributed by atoms with E-state index in [0.717, 1.165) is 9.13 Å². The second kappa shape index (κ2) is 5.31. The van der Waals surface area contributed by atoms with E-state index in [1.807, 2.05) is 26.0 Å². The van der Waals surface area contributed by atoms with Crippen LogP contribution in [0.4, 0.5) is 0 Å². The first-order valence-corrected chi connectivity index (χ1v) is 5.41. The van der Waals surface area contributed by atoms with Gasteiger partial charge in [0.15, 0.2) is 0 Å². The summed E-state index contributed by atoms with van der Waals surface area (Å²) in [5.74, 6) is -0.202. The van der Waals surface area contributed by atoms with Crippen LogP contribution in [0.5, 0.6) is 0 Å². The number of nitrogens with one attached hydrogen (secondary N) is 1. The van der Waals surface area contributed by atoms with Crippen molar-refractivity contribution in [2.45, 2.75) is 13.8 Å². The van der Waals surface area contributed by atoms with E-state index in [-0.39, 0.29) is 5.91 Å². The predicted octanol–water partition coefficient (Wildman–Crippen LogP) is 2.28. The van der Waals surface area contributed by atoms with Gasteiger partial charge in [0.05, 0.1) is 6.61 Å². The molecule has 1 aromatic rings. The molecule has 1 rings (SSSR count). The monoisotopic (exact) mass is 305 g/mol. The highest BCUT2D eigenvalue weighted by Crippen LogP contribution is 2.12. The van der Waals surface area contributed by atoms with Gasteiger partial charge in [-0.15, -0.1) is 0 Å². The Balaban J connectivity index is 2.76. The van der Waals surface area contributed by atoms with E-state index < -0.39 is 0 Å². The molecule has 1 aromatic carbocycles. The first-order valence-electron chi connectivity index (χ1n) is 4.33. The van der Waals surface area contributed by atoms with E-state index in [1.54, 1.807) is 6.07 Å². The molecule has 0 radical (unpaired) electrons. The lowest BCUT2D eigenvalue weighted by Crippen LogP contribution is -2.23. The number of rotatable bonds is 3. The summed E-state index contributed by atoms with van der Waals surface area (Å²) in [4.78, 5) is 16.2. The van der Waals surface area contributed by atoms with Crippen LogP contribution in [-0.4, -0.2) is 12.5 Å². The summed E-state index contributed by atoms with van der Waals surface area (Å²) in [7, 11) is 0. The van der Waals surface area contributed by atoms with E-state index in [0.29, 0.717) is 12.2 Å². The lowest BCUT2D eigenvalue weighted by molar-refractivity contribution is 0.0364. The van der Waals surface area contributed by atoms with Crippen molar-refractivity contribution in [3.8, 4) is 0 Å². The summed E-state index contributed by atoms with van der Waals surface area (Å²) in [6.45, 7) is 4.26. The Morgan fingerprint density at radius 1 is 1.57 bits per heavy atom. The van der Waals surface area contributed by atoms with Gasteiger partial charge in [-0.2, -0.15) is 0 Å². The van der Waals surface area contributed by atoms with E-state index in [2.05, 4.69) is 28.1 Å². The van der Waals surface area contributed by atoms with Gasteiger partial charge in [0.25, 0.3) is 5.91 Å². The molecular formula is C10H12INO2. The first-order chi connectivity index (χ1) is 6.65. The molecule has 0 fully saturated rings. The Bertz CT molecular complexity index is 339. The molecule has 1 amide bonds. The number of halogens is 1. The second-order valence-corrected chi connectivity index (χ2v) is 3.99. The molecular weight excluding hydrogens is 293 g/mol. The smallest absolute Gasteiger partial charge is 0.274 e. The summed E-state index contributed by atoms with van der Waals surface area (Å²) in [6.07, 6.45) is 0. The third-order valence-electron chi connectivity index (χ3n) is 1.73. The lowest BCUT2D eigenvalue weighted by atomic mass is 10.1. The van der Waals surface area contributed by atoms with Crippen LogP contribution in [0.15, 0.2) is 18.2 Å². The number of amides is 1. The molecule has 14 heavy (non-hydrogen) atoms. The predicted molar refractivity (Wildman–Crippen MR) is 63.0 cm³/mol. The summed E-state index contributed by atoms with van der Waals surface area (Å²) >= 11 is 2.23. The van der Waals surface area contributed by atoms with Crippen LogP contribution in [0.1, 0.15) is 22.8 Å². The third-order valence-corrected chi connectivity index (χ3v) is 2.94. The lowest BCUT2D eigenvalue weighted by Gasteiger charge is -2.05. The molecule has 0 unspecified atom stereocenters. The van der Waals surface area contributed by atoms with Crippen LogP contribution >= 0.6 is 22.6 Å². The van der Waals surface area contributed by atoms with E-state index >= 15 is 0 Å². The standard InChI is InChI=1S/C10H12INO2/c1-3-14-12-10(13)8-4-5-9(11)7(2)6-8/h4-6H,3H2,1-2H3,(H,12,13). The average molecular weight is 305 g/mol. The first kappa shape index (κ1) is 11.5. The molecule has 0 bridgehead atoms. The number of aryl methyl sites for hydroxylation is 1. The Hall–Kier alpha value is -0.620. The summed E-state index contributed by atoms with van der Waals surface area (Å²) in [5.41, 5.74) is 4.07. The molecule has 76 valence electrons. The van der Waals surface area contributed by atoms with Gasteiger partial charge < -0.3 is 0 Å². The minimum atomic E-state index is -0.202. The topological polar surface area (TPSA) is 38.3 Å². The van der Waals surface area contributed by atoms with Crippen molar-refractivity contribution in [2.24, 2.45) is 0 Å². The summed E-state index contributed by atoms with van der Waals surface area (Å²) in [5, 5.41) is 0. The largest absolute Gasteiger partial charge is 0.274 e. The molecule has 1 N–H and O–H groups in total. The normalized spacial score (nSPS) is 9.93. The molecule has 0 saturated heterocycles. The van der Waals surface area contributed by atoms with E-state index in [9.17, 15) is 4.79 Å². The van der Waals surface area contributed by atoms with Crippen molar-refractivity contribution in [2.75, 3.05) is 6.61 Å². The van der Waals surface area contributed by atoms with Gasteiger partial charge in [0.1, 0.15) is 0 Å². The molecule has 0 saturated carbocycles. The molecule has 0 heterocycles. The fourth-order valence-corrected chi connectivity index (χ4v) is 1.32. The van der Waals surface area contributed by atoms with Crippen molar-refractivity contribution in [1.82, 2.24) is 5.48 Å². The van der Waals surface area contributed by atoms with Crippen LogP contribution in [-0.2, 0) is 4.84 Å². The molecule has 0 aliphatic heterocycles. The van der Waals surface area contributed by atoms with Crippen molar-refractivity contribution in [3.63, 3.8) is 0 Å². The highest BCUT2D eigenvalue weighted by molar-refractivity contribution is 14.1. The summed E-state index contributed by atoms with van der Waals surface area (Å²) < 4.78 is 1.15. The van der Waals surface area contributed by atoms with Crippen LogP contribution in [0.2, 0.25) is 0 Å². The van der Waals surface area contributed by atoms with Gasteiger partial charge in [0, 0.05) is 9.13 Å². The maximum atomic E-state index is 11.4. The van der Waals surface area contributed by atoms with Gasteiger partial charge in [-0.3, -0.25) is 9.63 Å². The zero-order valence-electron chi connectivity index (χ0n) is 8.13. The van der Waals surface area contributed by atoms with Gasteiger partial charge >= 0.3 is 0 Å². The minimum Gasteiger partial charge on any atom is -0.274 e. The minimum absolute atomic E-state index is 0.202. The number of hydrogen-bond acceptors (Lipinski definition) is 2. The van der Waals surface area contributed by atoms with Crippen molar-refractivity contribution in [3.05, 3.63) is 32.9 Å². The number of benzene rings is 1. The van der Waals surface area contributed by atoms with Gasteiger partial charge in [-0.25, -0.2) is 5.48 Å². The number of carbonyl (C=O) groups excluding carboxylic acids is 1. The molecule has 0 aliphatic carbocycles. The third kappa shape index (κ3) is 2.95. The maximum Gasteiger partial charge on any atom is 0.274 e. The van der Waals surface area contributed by atoms with Crippen molar-refractivity contribution < 1.29 is 9.63 Å². The van der Waals surface area contributed by atoms with Crippen molar-refractivity contribution >= 4 is 28.5 Å². The Kier molecular flexibility index (Phi) is 4.34. The number of hydroxylamine groups is 1. The SMILES string of the molecule is CCONC(=O)c1ccc(I)c(C)c1. The van der Waals surface area contributed by atoms with E-state index in [4.69, 9.17) is 4.84 Å². The molecule has 4 heteroatoms. The Morgan fingerprint density at radius 3 is 2.86 bits per heavy atom. The fourth-order valence-electron chi connectivity index (χ4n) is 0.983. The van der Waals surface area contributed by atoms with Crippen molar-refractivity contribution in [1.29, 1.82) is 0 Å². The van der Waals surface area contributed by atoms with Gasteiger partial charge in [0.2, 0.25) is 0 Å². The fraction of sp³-hybridized carbons (Fsp3) is 0.300. The molecule has 0 aliphatic rings. The van der Waals surface area contributed by atoms with E-state index in [1.165, 1.54) is 0 Å². The molecule has 0 aromatic heterocycles. The maximum absolute atomic E-state index is 11.4. The number of carbonyl (C=O) groups is 1. The van der Waals surface area contributed by atoms with Crippen LogP contribution in [0.3, 0.4) is 0 Å². The molecule has 3 nitrogen and oxygen atoms in total. The number of hydrogen-bond donors (Lipinski definition) is 1. The average Bonchev–Trinajstić information content (AvgIpc) is 2.18. The Labute approximate surface area is 96.9 Å². The zero-order chi connectivity index (χ0) is 10.6. The van der Waals surface area contributed by atoms with Crippen LogP contribution in [0, 0.1) is 10.5 Å². The second-order valence-electron chi connectivity index (χ2n) is 2.83. The highest BCUT2D eigenvalue weighted by Gasteiger charge is 2.05. The van der Waals surface area contributed by atoms with Crippen LogP contribution < -0.4 is 5.48 Å². The van der Waals surface area contributed by atoms with Gasteiger partial charge in [-0.05, 0) is 60.2 Å². The van der Waals surface area contributed by atoms with Crippen LogP contribution in [0.25, 0.3) is 0 Å². The van der Waals surface area contributed by atoms with Gasteiger partial charge in [-0.1, -0.05) is 0 Å². The quantitative estimate of drug-likeness (QED) is 0.687. The molecule has 0 spiro atoms. The zero-order valence-corrected chi connectivity index (χ0v) is 10.3.